The van der Waals surface area contributed by atoms with Crippen molar-refractivity contribution in [2.45, 2.75) is 59.2 Å². The van der Waals surface area contributed by atoms with Gasteiger partial charge in [-0.3, -0.25) is 14.3 Å². The monoisotopic (exact) mass is 345 g/mol. The number of amides is 1. The number of pyridine rings is 1. The summed E-state index contributed by atoms with van der Waals surface area (Å²) in [5, 5.41) is 4.38. The zero-order valence-electron chi connectivity index (χ0n) is 15.5. The lowest BCUT2D eigenvalue weighted by Gasteiger charge is -2.25. The Bertz CT molecular complexity index is 751. The highest BCUT2D eigenvalue weighted by molar-refractivity contribution is 5.76. The van der Waals surface area contributed by atoms with Crippen molar-refractivity contribution >= 4 is 5.91 Å². The van der Waals surface area contributed by atoms with Crippen LogP contribution in [0.15, 0.2) is 29.3 Å². The van der Waals surface area contributed by atoms with Crippen molar-refractivity contribution in [3.63, 3.8) is 0 Å². The van der Waals surface area contributed by atoms with Crippen molar-refractivity contribution in [2.24, 2.45) is 0 Å². The Labute approximate surface area is 148 Å². The highest BCUT2D eigenvalue weighted by atomic mass is 16.2. The van der Waals surface area contributed by atoms with Crippen LogP contribution in [0.5, 0.6) is 0 Å². The highest BCUT2D eigenvalue weighted by Gasteiger charge is 2.20. The van der Waals surface area contributed by atoms with Crippen molar-refractivity contribution < 1.29 is 4.79 Å². The molecule has 0 fully saturated rings. The van der Waals surface area contributed by atoms with Gasteiger partial charge in [-0.1, -0.05) is 13.3 Å². The predicted octanol–water partition coefficient (Wildman–Crippen LogP) is 2.02. The zero-order valence-corrected chi connectivity index (χ0v) is 15.5. The van der Waals surface area contributed by atoms with Crippen molar-refractivity contribution in [3.05, 3.63) is 46.4 Å². The van der Waals surface area contributed by atoms with Gasteiger partial charge in [0.25, 0.3) is 0 Å². The molecule has 0 aliphatic heterocycles. The first kappa shape index (κ1) is 18.9. The third-order valence-corrected chi connectivity index (χ3v) is 4.52. The molecule has 7 heteroatoms. The van der Waals surface area contributed by atoms with Gasteiger partial charge < -0.3 is 4.90 Å². The molecule has 2 aromatic rings. The number of aryl methyl sites for hydroxylation is 1. The largest absolute Gasteiger partial charge is 0.346 e. The second-order valence-corrected chi connectivity index (χ2v) is 6.17. The second kappa shape index (κ2) is 8.60. The van der Waals surface area contributed by atoms with Crippen molar-refractivity contribution in [1.29, 1.82) is 0 Å². The average Bonchev–Trinajstić information content (AvgIpc) is 2.93. The Kier molecular flexibility index (Phi) is 6.50. The van der Waals surface area contributed by atoms with E-state index in [2.05, 4.69) is 17.0 Å². The van der Waals surface area contributed by atoms with Crippen LogP contribution >= 0.6 is 0 Å². The number of carbonyl (C=O) groups excluding carboxylic acids is 1. The number of rotatable bonds is 8. The van der Waals surface area contributed by atoms with Gasteiger partial charge in [0.15, 0.2) is 0 Å². The SMILES string of the molecule is CCCCc1nn(CC(=O)N(C)C(C)c2ccncc2)c(=O)n1CC. The Morgan fingerprint density at radius 3 is 2.56 bits per heavy atom. The fourth-order valence-corrected chi connectivity index (χ4v) is 2.75. The Morgan fingerprint density at radius 1 is 1.28 bits per heavy atom. The molecule has 0 radical (unpaired) electrons. The fourth-order valence-electron chi connectivity index (χ4n) is 2.75. The third-order valence-electron chi connectivity index (χ3n) is 4.52. The Morgan fingerprint density at radius 2 is 1.96 bits per heavy atom. The summed E-state index contributed by atoms with van der Waals surface area (Å²) in [5.41, 5.74) is 0.785. The molecule has 2 heterocycles. The maximum Gasteiger partial charge on any atom is 0.346 e. The van der Waals surface area contributed by atoms with Crippen LogP contribution in [0.25, 0.3) is 0 Å². The van der Waals surface area contributed by atoms with Gasteiger partial charge in [-0.05, 0) is 38.0 Å². The van der Waals surface area contributed by atoms with Crippen LogP contribution in [0.3, 0.4) is 0 Å². The maximum absolute atomic E-state index is 12.6. The smallest absolute Gasteiger partial charge is 0.337 e. The molecular formula is C18H27N5O2. The van der Waals surface area contributed by atoms with E-state index in [-0.39, 0.29) is 24.2 Å². The lowest BCUT2D eigenvalue weighted by Crippen LogP contribution is -2.36. The van der Waals surface area contributed by atoms with Gasteiger partial charge in [0.2, 0.25) is 5.91 Å². The molecule has 25 heavy (non-hydrogen) atoms. The molecule has 0 aromatic carbocycles. The number of likely N-dealkylation sites (N-methyl/N-ethyl adjacent to an activating group) is 1. The van der Waals surface area contributed by atoms with E-state index >= 15 is 0 Å². The summed E-state index contributed by atoms with van der Waals surface area (Å²) in [6.45, 7) is 6.49. The van der Waals surface area contributed by atoms with Gasteiger partial charge in [0, 0.05) is 32.4 Å². The van der Waals surface area contributed by atoms with Crippen molar-refractivity contribution in [1.82, 2.24) is 24.2 Å². The second-order valence-electron chi connectivity index (χ2n) is 6.17. The molecule has 2 rings (SSSR count). The normalized spacial score (nSPS) is 12.2. The van der Waals surface area contributed by atoms with E-state index in [0.717, 1.165) is 30.7 Å². The Hall–Kier alpha value is -2.44. The number of hydrogen-bond donors (Lipinski definition) is 0. The van der Waals surface area contributed by atoms with E-state index in [0.29, 0.717) is 6.54 Å². The van der Waals surface area contributed by atoms with Gasteiger partial charge in [0.05, 0.1) is 6.04 Å². The molecule has 0 N–H and O–H groups in total. The molecule has 0 aliphatic carbocycles. The minimum absolute atomic E-state index is 0.0448. The molecule has 0 saturated heterocycles. The first-order chi connectivity index (χ1) is 12.0. The van der Waals surface area contributed by atoms with E-state index in [1.165, 1.54) is 4.68 Å². The standard InChI is InChI=1S/C18H27N5O2/c1-5-7-8-16-20-23(18(25)22(16)6-2)13-17(24)21(4)14(3)15-9-11-19-12-10-15/h9-12,14H,5-8,13H2,1-4H3. The van der Waals surface area contributed by atoms with E-state index in [9.17, 15) is 9.59 Å². The summed E-state index contributed by atoms with van der Waals surface area (Å²) < 4.78 is 2.93. The van der Waals surface area contributed by atoms with Crippen LogP contribution in [-0.4, -0.2) is 37.2 Å². The molecule has 0 saturated carbocycles. The topological polar surface area (TPSA) is 73.0 Å². The fraction of sp³-hybridized carbons (Fsp3) is 0.556. The van der Waals surface area contributed by atoms with Gasteiger partial charge in [0.1, 0.15) is 12.4 Å². The van der Waals surface area contributed by atoms with E-state index < -0.39 is 0 Å². The van der Waals surface area contributed by atoms with Gasteiger partial charge >= 0.3 is 5.69 Å². The molecule has 136 valence electrons. The molecule has 0 spiro atoms. The molecule has 0 bridgehead atoms. The number of unbranched alkanes of at least 4 members (excludes halogenated alkanes) is 1. The molecule has 1 amide bonds. The maximum atomic E-state index is 12.6. The Balaban J connectivity index is 2.14. The first-order valence-corrected chi connectivity index (χ1v) is 8.81. The van der Waals surface area contributed by atoms with Gasteiger partial charge in [-0.15, -0.1) is 0 Å². The molecule has 1 atom stereocenters. The quantitative estimate of drug-likeness (QED) is 0.734. The average molecular weight is 345 g/mol. The molecular weight excluding hydrogens is 318 g/mol. The lowest BCUT2D eigenvalue weighted by atomic mass is 10.1. The van der Waals surface area contributed by atoms with E-state index in [1.54, 1.807) is 28.9 Å². The van der Waals surface area contributed by atoms with Crippen LogP contribution in [-0.2, 0) is 24.3 Å². The molecule has 1 unspecified atom stereocenters. The minimum atomic E-state index is -0.216. The third kappa shape index (κ3) is 4.35. The lowest BCUT2D eigenvalue weighted by molar-refractivity contribution is -0.132. The van der Waals surface area contributed by atoms with Crippen molar-refractivity contribution in [3.8, 4) is 0 Å². The van der Waals surface area contributed by atoms with Crippen LogP contribution in [0.2, 0.25) is 0 Å². The van der Waals surface area contributed by atoms with E-state index in [1.807, 2.05) is 26.0 Å². The molecule has 0 aliphatic rings. The summed E-state index contributed by atoms with van der Waals surface area (Å²) in [6, 6.07) is 3.67. The number of nitrogens with zero attached hydrogens (tertiary/aromatic N) is 5. The van der Waals surface area contributed by atoms with Crippen LogP contribution in [0.1, 0.15) is 51.0 Å². The summed E-state index contributed by atoms with van der Waals surface area (Å²) in [4.78, 5) is 30.7. The van der Waals surface area contributed by atoms with E-state index in [4.69, 9.17) is 0 Å². The zero-order chi connectivity index (χ0) is 18.4. The highest BCUT2D eigenvalue weighted by Crippen LogP contribution is 2.17. The van der Waals surface area contributed by atoms with Gasteiger partial charge in [-0.25, -0.2) is 9.48 Å². The summed E-state index contributed by atoms with van der Waals surface area (Å²) in [5.74, 6) is 0.612. The molecule has 7 nitrogen and oxygen atoms in total. The van der Waals surface area contributed by atoms with Gasteiger partial charge in [-0.2, -0.15) is 5.10 Å². The van der Waals surface area contributed by atoms with Crippen molar-refractivity contribution in [2.75, 3.05) is 7.05 Å². The summed E-state index contributed by atoms with van der Waals surface area (Å²) in [7, 11) is 1.74. The predicted molar refractivity (Wildman–Crippen MR) is 96.2 cm³/mol. The summed E-state index contributed by atoms with van der Waals surface area (Å²) >= 11 is 0. The number of aromatic nitrogens is 4. The summed E-state index contributed by atoms with van der Waals surface area (Å²) in [6.07, 6.45) is 6.18. The number of hydrogen-bond acceptors (Lipinski definition) is 4. The first-order valence-electron chi connectivity index (χ1n) is 8.81. The van der Waals surface area contributed by atoms with Crippen LogP contribution in [0.4, 0.5) is 0 Å². The number of carbonyl (C=O) groups is 1. The minimum Gasteiger partial charge on any atom is -0.337 e. The molecule has 2 aromatic heterocycles. The van der Waals surface area contributed by atoms with Crippen LogP contribution in [0, 0.1) is 0 Å². The van der Waals surface area contributed by atoms with Crippen LogP contribution < -0.4 is 5.69 Å².